The Hall–Kier alpha value is -1.49. The summed E-state index contributed by atoms with van der Waals surface area (Å²) < 4.78 is 0. The molecule has 1 atom stereocenters. The minimum atomic E-state index is 0.109. The number of rotatable bonds is 5. The highest BCUT2D eigenvalue weighted by molar-refractivity contribution is 5.45. The quantitative estimate of drug-likeness (QED) is 0.829. The Bertz CT molecular complexity index is 410. The summed E-state index contributed by atoms with van der Waals surface area (Å²) in [6.07, 6.45) is 7.76. The van der Waals surface area contributed by atoms with Crippen molar-refractivity contribution in [2.24, 2.45) is 5.92 Å². The van der Waals surface area contributed by atoms with Gasteiger partial charge in [0.1, 0.15) is 0 Å². The summed E-state index contributed by atoms with van der Waals surface area (Å²) in [4.78, 5) is 0. The average molecular weight is 256 g/mol. The first-order valence-corrected chi connectivity index (χ1v) is 7.57. The third kappa shape index (κ3) is 3.99. The molecular formula is C17H24N2. The molecule has 0 bridgehead atoms. The highest BCUT2D eigenvalue weighted by atomic mass is 14.9. The maximum Gasteiger partial charge on any atom is 0.0674 e. The molecule has 0 saturated heterocycles. The molecule has 2 heteroatoms. The van der Waals surface area contributed by atoms with E-state index in [9.17, 15) is 0 Å². The van der Waals surface area contributed by atoms with Gasteiger partial charge in [0.15, 0.2) is 0 Å². The molecule has 1 saturated carbocycles. The first-order valence-electron chi connectivity index (χ1n) is 7.57. The summed E-state index contributed by atoms with van der Waals surface area (Å²) >= 11 is 0. The average Bonchev–Trinajstić information content (AvgIpc) is 2.50. The lowest BCUT2D eigenvalue weighted by atomic mass is 9.84. The molecule has 0 aromatic heterocycles. The third-order valence-electron chi connectivity index (χ3n) is 4.22. The van der Waals surface area contributed by atoms with Gasteiger partial charge in [0, 0.05) is 12.2 Å². The van der Waals surface area contributed by atoms with Gasteiger partial charge in [-0.1, -0.05) is 38.3 Å². The van der Waals surface area contributed by atoms with E-state index in [0.29, 0.717) is 0 Å². The van der Waals surface area contributed by atoms with E-state index in [4.69, 9.17) is 5.26 Å². The van der Waals surface area contributed by atoms with E-state index in [1.165, 1.54) is 37.7 Å². The van der Waals surface area contributed by atoms with Crippen molar-refractivity contribution in [1.82, 2.24) is 0 Å². The molecule has 1 aromatic rings. The van der Waals surface area contributed by atoms with Gasteiger partial charge in [0.05, 0.1) is 12.0 Å². The molecular weight excluding hydrogens is 232 g/mol. The van der Waals surface area contributed by atoms with Crippen molar-refractivity contribution in [3.8, 4) is 6.07 Å². The molecule has 1 N–H and O–H groups in total. The SMILES string of the molecule is CCC(C#N)CNc1ccc(C2CCCCC2)cc1. The molecule has 0 heterocycles. The Morgan fingerprint density at radius 1 is 1.21 bits per heavy atom. The lowest BCUT2D eigenvalue weighted by Crippen LogP contribution is -2.11. The van der Waals surface area contributed by atoms with Crippen LogP contribution in [0.4, 0.5) is 5.69 Å². The van der Waals surface area contributed by atoms with Crippen LogP contribution in [0.1, 0.15) is 56.9 Å². The van der Waals surface area contributed by atoms with Crippen LogP contribution in [0.15, 0.2) is 24.3 Å². The summed E-state index contributed by atoms with van der Waals surface area (Å²) in [6.45, 7) is 2.80. The maximum atomic E-state index is 8.93. The summed E-state index contributed by atoms with van der Waals surface area (Å²) in [6, 6.07) is 11.2. The summed E-state index contributed by atoms with van der Waals surface area (Å²) in [5.74, 6) is 0.878. The van der Waals surface area contributed by atoms with Crippen LogP contribution in [0, 0.1) is 17.2 Å². The van der Waals surface area contributed by atoms with Crippen molar-refractivity contribution in [2.75, 3.05) is 11.9 Å². The predicted octanol–water partition coefficient (Wildman–Crippen LogP) is 4.70. The molecule has 1 aromatic carbocycles. The van der Waals surface area contributed by atoms with Crippen LogP contribution in [0.2, 0.25) is 0 Å². The second-order valence-electron chi connectivity index (χ2n) is 5.57. The molecule has 0 radical (unpaired) electrons. The number of hydrogen-bond acceptors (Lipinski definition) is 2. The molecule has 1 unspecified atom stereocenters. The van der Waals surface area contributed by atoms with E-state index < -0.39 is 0 Å². The van der Waals surface area contributed by atoms with Crippen molar-refractivity contribution < 1.29 is 0 Å². The molecule has 19 heavy (non-hydrogen) atoms. The fraction of sp³-hybridized carbons (Fsp3) is 0.588. The van der Waals surface area contributed by atoms with Crippen molar-refractivity contribution in [1.29, 1.82) is 5.26 Å². The molecule has 1 aliphatic carbocycles. The predicted molar refractivity (Wildman–Crippen MR) is 80.2 cm³/mol. The van der Waals surface area contributed by atoms with Crippen molar-refractivity contribution in [2.45, 2.75) is 51.4 Å². The first-order chi connectivity index (χ1) is 9.33. The van der Waals surface area contributed by atoms with Gasteiger partial charge >= 0.3 is 0 Å². The molecule has 0 amide bonds. The van der Waals surface area contributed by atoms with Crippen LogP contribution >= 0.6 is 0 Å². The molecule has 0 spiro atoms. The number of nitriles is 1. The van der Waals surface area contributed by atoms with Crippen LogP contribution in [0.5, 0.6) is 0 Å². The van der Waals surface area contributed by atoms with Gasteiger partial charge in [-0.25, -0.2) is 0 Å². The second-order valence-corrected chi connectivity index (χ2v) is 5.57. The van der Waals surface area contributed by atoms with Crippen LogP contribution in [0.25, 0.3) is 0 Å². The monoisotopic (exact) mass is 256 g/mol. The van der Waals surface area contributed by atoms with Gasteiger partial charge in [-0.05, 0) is 42.9 Å². The smallest absolute Gasteiger partial charge is 0.0674 e. The zero-order valence-corrected chi connectivity index (χ0v) is 11.9. The lowest BCUT2D eigenvalue weighted by Gasteiger charge is -2.22. The Labute approximate surface area is 116 Å². The number of nitrogens with one attached hydrogen (secondary N) is 1. The van der Waals surface area contributed by atoms with E-state index in [0.717, 1.165) is 24.6 Å². The first kappa shape index (κ1) is 13.9. The van der Waals surface area contributed by atoms with E-state index in [1.807, 2.05) is 0 Å². The molecule has 2 nitrogen and oxygen atoms in total. The highest BCUT2D eigenvalue weighted by Crippen LogP contribution is 2.32. The minimum absolute atomic E-state index is 0.109. The van der Waals surface area contributed by atoms with E-state index in [2.05, 4.69) is 42.6 Å². The van der Waals surface area contributed by atoms with Gasteiger partial charge in [0.25, 0.3) is 0 Å². The van der Waals surface area contributed by atoms with Crippen LogP contribution < -0.4 is 5.32 Å². The van der Waals surface area contributed by atoms with Gasteiger partial charge in [-0.3, -0.25) is 0 Å². The fourth-order valence-corrected chi connectivity index (χ4v) is 2.83. The zero-order valence-electron chi connectivity index (χ0n) is 11.9. The number of benzene rings is 1. The van der Waals surface area contributed by atoms with E-state index >= 15 is 0 Å². The molecule has 1 aliphatic rings. The van der Waals surface area contributed by atoms with E-state index in [1.54, 1.807) is 0 Å². The fourth-order valence-electron chi connectivity index (χ4n) is 2.83. The van der Waals surface area contributed by atoms with Crippen molar-refractivity contribution in [3.05, 3.63) is 29.8 Å². The lowest BCUT2D eigenvalue weighted by molar-refractivity contribution is 0.443. The van der Waals surface area contributed by atoms with Gasteiger partial charge in [-0.2, -0.15) is 5.26 Å². The maximum absolute atomic E-state index is 8.93. The topological polar surface area (TPSA) is 35.8 Å². The normalized spacial score (nSPS) is 17.7. The largest absolute Gasteiger partial charge is 0.384 e. The Kier molecular flexibility index (Phi) is 5.27. The standard InChI is InChI=1S/C17H24N2/c1-2-14(12-18)13-19-17-10-8-16(9-11-17)15-6-4-3-5-7-15/h8-11,14-15,19H,2-7,13H2,1H3. The van der Waals surface area contributed by atoms with Crippen molar-refractivity contribution in [3.63, 3.8) is 0 Å². The summed E-state index contributed by atoms with van der Waals surface area (Å²) in [5, 5.41) is 12.3. The highest BCUT2D eigenvalue weighted by Gasteiger charge is 2.15. The van der Waals surface area contributed by atoms with Crippen molar-refractivity contribution >= 4 is 5.69 Å². The Balaban J connectivity index is 1.89. The van der Waals surface area contributed by atoms with Gasteiger partial charge in [-0.15, -0.1) is 0 Å². The summed E-state index contributed by atoms with van der Waals surface area (Å²) in [5.41, 5.74) is 2.62. The summed E-state index contributed by atoms with van der Waals surface area (Å²) in [7, 11) is 0. The van der Waals surface area contributed by atoms with Crippen LogP contribution in [-0.2, 0) is 0 Å². The molecule has 1 fully saturated rings. The molecule has 2 rings (SSSR count). The Morgan fingerprint density at radius 2 is 1.89 bits per heavy atom. The number of anilines is 1. The molecule has 0 aliphatic heterocycles. The minimum Gasteiger partial charge on any atom is -0.384 e. The Morgan fingerprint density at radius 3 is 2.47 bits per heavy atom. The van der Waals surface area contributed by atoms with E-state index in [-0.39, 0.29) is 5.92 Å². The second kappa shape index (κ2) is 7.19. The number of nitrogens with zero attached hydrogens (tertiary/aromatic N) is 1. The van der Waals surface area contributed by atoms with Crippen LogP contribution in [-0.4, -0.2) is 6.54 Å². The van der Waals surface area contributed by atoms with Crippen LogP contribution in [0.3, 0.4) is 0 Å². The zero-order chi connectivity index (χ0) is 13.5. The van der Waals surface area contributed by atoms with Gasteiger partial charge in [0.2, 0.25) is 0 Å². The van der Waals surface area contributed by atoms with Gasteiger partial charge < -0.3 is 5.32 Å². The molecule has 102 valence electrons. The number of hydrogen-bond donors (Lipinski definition) is 1. The third-order valence-corrected chi connectivity index (χ3v) is 4.22.